The molecule has 0 aromatic carbocycles. The summed E-state index contributed by atoms with van der Waals surface area (Å²) in [5, 5.41) is 10.3. The highest BCUT2D eigenvalue weighted by Crippen LogP contribution is 2.09. The fraction of sp³-hybridized carbons (Fsp3) is 0.875. The molecule has 2 atom stereocenters. The van der Waals surface area contributed by atoms with Crippen molar-refractivity contribution >= 4 is 15.9 Å². The van der Waals surface area contributed by atoms with Crippen molar-refractivity contribution in [3.8, 4) is 0 Å². The van der Waals surface area contributed by atoms with Gasteiger partial charge in [0.05, 0.1) is 17.9 Å². The topological polar surface area (TPSA) is 111 Å². The number of hydrogen-bond donors (Lipinski definition) is 3. The van der Waals surface area contributed by atoms with E-state index in [-0.39, 0.29) is 30.4 Å². The Labute approximate surface area is 94.8 Å². The number of rotatable bonds is 5. The van der Waals surface area contributed by atoms with E-state index in [9.17, 15) is 13.2 Å². The summed E-state index contributed by atoms with van der Waals surface area (Å²) in [6.07, 6.45) is 0.631. The number of carbonyl (C=O) groups is 1. The molecule has 0 saturated carbocycles. The van der Waals surface area contributed by atoms with Crippen molar-refractivity contribution in [1.29, 1.82) is 0 Å². The summed E-state index contributed by atoms with van der Waals surface area (Å²) in [5.41, 5.74) is 0. The van der Waals surface area contributed by atoms with E-state index in [1.54, 1.807) is 7.11 Å². The molecule has 1 fully saturated rings. The van der Waals surface area contributed by atoms with Gasteiger partial charge in [-0.3, -0.25) is 4.79 Å². The Balaban J connectivity index is 2.26. The van der Waals surface area contributed by atoms with Crippen molar-refractivity contribution in [2.45, 2.75) is 18.6 Å². The largest absolute Gasteiger partial charge is 0.380 e. The summed E-state index contributed by atoms with van der Waals surface area (Å²) in [6, 6.07) is -0.314. The molecule has 1 amide bonds. The Morgan fingerprint density at radius 1 is 1.62 bits per heavy atom. The summed E-state index contributed by atoms with van der Waals surface area (Å²) < 4.78 is 26.3. The van der Waals surface area contributed by atoms with E-state index in [0.29, 0.717) is 13.0 Å². The van der Waals surface area contributed by atoms with Gasteiger partial charge in [0.1, 0.15) is 0 Å². The van der Waals surface area contributed by atoms with E-state index in [2.05, 4.69) is 10.6 Å². The Morgan fingerprint density at radius 2 is 2.31 bits per heavy atom. The van der Waals surface area contributed by atoms with Gasteiger partial charge in [-0.25, -0.2) is 13.6 Å². The molecule has 2 unspecified atom stereocenters. The lowest BCUT2D eigenvalue weighted by atomic mass is 10.2. The summed E-state index contributed by atoms with van der Waals surface area (Å²) in [4.78, 5) is 11.5. The first-order chi connectivity index (χ1) is 7.42. The number of carbonyl (C=O) groups excluding carboxylic acids is 1. The lowest BCUT2D eigenvalue weighted by Gasteiger charge is -2.10. The van der Waals surface area contributed by atoms with Crippen LogP contribution in [0.2, 0.25) is 0 Å². The highest BCUT2D eigenvalue weighted by molar-refractivity contribution is 7.89. The number of nitrogens with two attached hydrogens (primary N) is 1. The SMILES string of the molecule is COC1CNC(C(=O)NCCS(N)(=O)=O)C1. The van der Waals surface area contributed by atoms with Crippen LogP contribution in [0, 0.1) is 0 Å². The highest BCUT2D eigenvalue weighted by atomic mass is 32.2. The molecule has 1 heterocycles. The van der Waals surface area contributed by atoms with Crippen molar-refractivity contribution in [3.05, 3.63) is 0 Å². The second-order valence-electron chi connectivity index (χ2n) is 3.71. The third-order valence-corrected chi connectivity index (χ3v) is 3.20. The first-order valence-electron chi connectivity index (χ1n) is 4.96. The maximum Gasteiger partial charge on any atom is 0.237 e. The molecule has 16 heavy (non-hydrogen) atoms. The summed E-state index contributed by atoms with van der Waals surface area (Å²) in [5.74, 6) is -0.470. The van der Waals surface area contributed by atoms with Gasteiger partial charge in [-0.05, 0) is 6.42 Å². The normalized spacial score (nSPS) is 25.6. The van der Waals surface area contributed by atoms with E-state index in [0.717, 1.165) is 0 Å². The average molecular weight is 251 g/mol. The zero-order valence-electron chi connectivity index (χ0n) is 9.10. The molecule has 0 radical (unpaired) electrons. The van der Waals surface area contributed by atoms with Gasteiger partial charge in [-0.2, -0.15) is 0 Å². The molecule has 94 valence electrons. The molecule has 0 spiro atoms. The van der Waals surface area contributed by atoms with Crippen LogP contribution in [0.25, 0.3) is 0 Å². The van der Waals surface area contributed by atoms with Crippen LogP contribution in [0.1, 0.15) is 6.42 Å². The number of amides is 1. The summed E-state index contributed by atoms with van der Waals surface area (Å²) in [6.45, 7) is 0.664. The lowest BCUT2D eigenvalue weighted by molar-refractivity contribution is -0.122. The number of sulfonamides is 1. The van der Waals surface area contributed by atoms with Crippen molar-refractivity contribution in [1.82, 2.24) is 10.6 Å². The number of nitrogens with one attached hydrogen (secondary N) is 2. The van der Waals surface area contributed by atoms with Gasteiger partial charge in [-0.15, -0.1) is 0 Å². The maximum absolute atomic E-state index is 11.5. The molecule has 0 aromatic rings. The quantitative estimate of drug-likeness (QED) is 0.512. The Bertz CT molecular complexity index is 343. The summed E-state index contributed by atoms with van der Waals surface area (Å²) >= 11 is 0. The predicted octanol–water partition coefficient (Wildman–Crippen LogP) is -2.23. The van der Waals surface area contributed by atoms with E-state index >= 15 is 0 Å². The molecular formula is C8H17N3O4S. The zero-order chi connectivity index (χ0) is 12.2. The highest BCUT2D eigenvalue weighted by Gasteiger charge is 2.28. The minimum atomic E-state index is -3.52. The van der Waals surface area contributed by atoms with Crippen LogP contribution in [0.4, 0.5) is 0 Å². The Morgan fingerprint density at radius 3 is 2.81 bits per heavy atom. The van der Waals surface area contributed by atoms with Crippen molar-refractivity contribution in [2.24, 2.45) is 5.14 Å². The monoisotopic (exact) mass is 251 g/mol. The average Bonchev–Trinajstić information content (AvgIpc) is 2.63. The standard InChI is InChI=1S/C8H17N3O4S/c1-15-6-4-7(11-5-6)8(12)10-2-3-16(9,13)14/h6-7,11H,2-5H2,1H3,(H,10,12)(H2,9,13,14). The number of methoxy groups -OCH3 is 1. The minimum Gasteiger partial charge on any atom is -0.380 e. The molecule has 7 nitrogen and oxygen atoms in total. The van der Waals surface area contributed by atoms with Crippen molar-refractivity contribution in [3.63, 3.8) is 0 Å². The fourth-order valence-electron chi connectivity index (χ4n) is 1.52. The molecule has 1 saturated heterocycles. The van der Waals surface area contributed by atoms with Crippen molar-refractivity contribution < 1.29 is 17.9 Å². The van der Waals surface area contributed by atoms with E-state index in [1.165, 1.54) is 0 Å². The van der Waals surface area contributed by atoms with Gasteiger partial charge in [0.25, 0.3) is 0 Å². The molecule has 0 aromatic heterocycles. The van der Waals surface area contributed by atoms with Crippen molar-refractivity contribution in [2.75, 3.05) is 26.0 Å². The van der Waals surface area contributed by atoms with Crippen LogP contribution in [0.5, 0.6) is 0 Å². The molecule has 0 bridgehead atoms. The predicted molar refractivity (Wildman–Crippen MR) is 58.2 cm³/mol. The third kappa shape index (κ3) is 4.44. The van der Waals surface area contributed by atoms with Gasteiger partial charge in [-0.1, -0.05) is 0 Å². The maximum atomic E-state index is 11.5. The van der Waals surface area contributed by atoms with E-state index < -0.39 is 10.0 Å². The van der Waals surface area contributed by atoms with Crippen LogP contribution in [0.3, 0.4) is 0 Å². The Hall–Kier alpha value is -0.700. The third-order valence-electron chi connectivity index (χ3n) is 2.43. The first kappa shape index (κ1) is 13.4. The van der Waals surface area contributed by atoms with Gasteiger partial charge < -0.3 is 15.4 Å². The number of hydrogen-bond acceptors (Lipinski definition) is 5. The molecule has 1 aliphatic rings. The number of primary sulfonamides is 1. The van der Waals surface area contributed by atoms with Gasteiger partial charge in [0, 0.05) is 20.2 Å². The van der Waals surface area contributed by atoms with Gasteiger partial charge in [0.15, 0.2) is 0 Å². The summed E-state index contributed by atoms with van der Waals surface area (Å²) in [7, 11) is -1.93. The lowest BCUT2D eigenvalue weighted by Crippen LogP contribution is -2.42. The molecule has 1 rings (SSSR count). The van der Waals surface area contributed by atoms with Crippen LogP contribution in [0.15, 0.2) is 0 Å². The fourth-order valence-corrected chi connectivity index (χ4v) is 1.91. The smallest absolute Gasteiger partial charge is 0.237 e. The van der Waals surface area contributed by atoms with E-state index in [4.69, 9.17) is 9.88 Å². The molecule has 8 heteroatoms. The molecule has 0 aliphatic carbocycles. The van der Waals surface area contributed by atoms with Crippen LogP contribution in [-0.2, 0) is 19.6 Å². The number of ether oxygens (including phenoxy) is 1. The van der Waals surface area contributed by atoms with Crippen LogP contribution < -0.4 is 15.8 Å². The van der Waals surface area contributed by atoms with Crippen LogP contribution in [-0.4, -0.2) is 52.4 Å². The minimum absolute atomic E-state index is 0.0352. The Kier molecular flexibility index (Phi) is 4.66. The van der Waals surface area contributed by atoms with Gasteiger partial charge in [0.2, 0.25) is 15.9 Å². The van der Waals surface area contributed by atoms with Crippen LogP contribution >= 0.6 is 0 Å². The molecule has 4 N–H and O–H groups in total. The second-order valence-corrected chi connectivity index (χ2v) is 5.45. The molecule has 1 aliphatic heterocycles. The second kappa shape index (κ2) is 5.58. The van der Waals surface area contributed by atoms with E-state index in [1.807, 2.05) is 0 Å². The molecular weight excluding hydrogens is 234 g/mol. The van der Waals surface area contributed by atoms with Gasteiger partial charge >= 0.3 is 0 Å². The first-order valence-corrected chi connectivity index (χ1v) is 6.68. The zero-order valence-corrected chi connectivity index (χ0v) is 9.92.